The second kappa shape index (κ2) is 7.13. The molecule has 0 aliphatic rings. The van der Waals surface area contributed by atoms with Gasteiger partial charge in [-0.3, -0.25) is 4.68 Å². The maximum atomic E-state index is 5.35. The second-order valence-corrected chi connectivity index (χ2v) is 4.19. The van der Waals surface area contributed by atoms with Crippen LogP contribution >= 0.6 is 0 Å². The number of nitrogens with zero attached hydrogens (tertiary/aromatic N) is 2. The highest BCUT2D eigenvalue weighted by Gasteiger charge is 2.08. The molecule has 0 spiro atoms. The lowest BCUT2D eigenvalue weighted by atomic mass is 10.1. The van der Waals surface area contributed by atoms with Gasteiger partial charge in [-0.2, -0.15) is 5.10 Å². The van der Waals surface area contributed by atoms with E-state index in [1.807, 2.05) is 0 Å². The molecule has 1 N–H and O–H groups in total. The molecule has 1 aromatic heterocycles. The molecule has 0 fully saturated rings. The van der Waals surface area contributed by atoms with E-state index >= 15 is 0 Å². The van der Waals surface area contributed by atoms with Crippen LogP contribution in [0, 0.1) is 12.3 Å². The van der Waals surface area contributed by atoms with E-state index in [0.29, 0.717) is 6.04 Å². The second-order valence-electron chi connectivity index (χ2n) is 4.19. The Hall–Kier alpha value is -1.27. The summed E-state index contributed by atoms with van der Waals surface area (Å²) >= 11 is 0. The van der Waals surface area contributed by atoms with Gasteiger partial charge in [-0.25, -0.2) is 0 Å². The summed E-state index contributed by atoms with van der Waals surface area (Å²) in [7, 11) is 0. The number of terminal acetylenes is 1. The molecule has 1 heterocycles. The van der Waals surface area contributed by atoms with Crippen molar-refractivity contribution in [2.24, 2.45) is 0 Å². The molecule has 0 saturated carbocycles. The first-order valence-electron chi connectivity index (χ1n) is 6.47. The minimum absolute atomic E-state index is 0.408. The van der Waals surface area contributed by atoms with Crippen molar-refractivity contribution in [3.63, 3.8) is 0 Å². The average molecular weight is 233 g/mol. The van der Waals surface area contributed by atoms with Gasteiger partial charge in [0.25, 0.3) is 0 Å². The van der Waals surface area contributed by atoms with Crippen LogP contribution in [-0.2, 0) is 19.5 Å². The Morgan fingerprint density at radius 2 is 2.24 bits per heavy atom. The molecule has 1 rings (SSSR count). The maximum Gasteiger partial charge on any atom is 0.0625 e. The fourth-order valence-electron chi connectivity index (χ4n) is 1.86. The molecule has 0 aromatic carbocycles. The van der Waals surface area contributed by atoms with E-state index in [9.17, 15) is 0 Å². The van der Waals surface area contributed by atoms with Gasteiger partial charge in [-0.15, -0.1) is 12.3 Å². The van der Waals surface area contributed by atoms with Crippen LogP contribution in [0.25, 0.3) is 0 Å². The van der Waals surface area contributed by atoms with Gasteiger partial charge in [0, 0.05) is 25.6 Å². The summed E-state index contributed by atoms with van der Waals surface area (Å²) < 4.78 is 2.06. The minimum Gasteiger partial charge on any atom is -0.307 e. The van der Waals surface area contributed by atoms with Gasteiger partial charge < -0.3 is 5.32 Å². The van der Waals surface area contributed by atoms with E-state index in [-0.39, 0.29) is 0 Å². The number of aryl methyl sites for hydroxylation is 2. The molecule has 94 valence electrons. The van der Waals surface area contributed by atoms with Crippen LogP contribution in [0.5, 0.6) is 0 Å². The highest BCUT2D eigenvalue weighted by molar-refractivity contribution is 5.10. The summed E-state index contributed by atoms with van der Waals surface area (Å²) in [5.41, 5.74) is 2.41. The van der Waals surface area contributed by atoms with Crippen LogP contribution < -0.4 is 5.32 Å². The van der Waals surface area contributed by atoms with Crippen LogP contribution in [0.2, 0.25) is 0 Å². The third-order valence-corrected chi connectivity index (χ3v) is 3.00. The molecular formula is C14H23N3. The van der Waals surface area contributed by atoms with Crippen molar-refractivity contribution in [2.45, 2.75) is 59.2 Å². The van der Waals surface area contributed by atoms with Crippen molar-refractivity contribution in [1.29, 1.82) is 0 Å². The topological polar surface area (TPSA) is 29.9 Å². The minimum atomic E-state index is 0.408. The smallest absolute Gasteiger partial charge is 0.0625 e. The van der Waals surface area contributed by atoms with E-state index in [2.05, 4.69) is 47.9 Å². The van der Waals surface area contributed by atoms with Crippen molar-refractivity contribution in [1.82, 2.24) is 15.1 Å². The van der Waals surface area contributed by atoms with Gasteiger partial charge in [0.15, 0.2) is 0 Å². The first-order chi connectivity index (χ1) is 8.24. The number of nitrogens with one attached hydrogen (secondary N) is 1. The molecule has 0 amide bonds. The van der Waals surface area contributed by atoms with Crippen molar-refractivity contribution < 1.29 is 0 Å². The number of aromatic nitrogens is 2. The molecule has 3 nitrogen and oxygen atoms in total. The normalized spacial score (nSPS) is 12.4. The first kappa shape index (κ1) is 13.8. The lowest BCUT2D eigenvalue weighted by Crippen LogP contribution is -2.28. The Labute approximate surface area is 105 Å². The molecule has 0 aliphatic carbocycles. The number of hydrogen-bond acceptors (Lipinski definition) is 2. The molecule has 0 saturated heterocycles. The van der Waals surface area contributed by atoms with E-state index in [4.69, 9.17) is 6.42 Å². The van der Waals surface area contributed by atoms with E-state index in [1.165, 1.54) is 5.69 Å². The average Bonchev–Trinajstić information content (AvgIpc) is 2.76. The molecule has 1 atom stereocenters. The maximum absolute atomic E-state index is 5.35. The Balaban J connectivity index is 2.61. The molecule has 0 bridgehead atoms. The third kappa shape index (κ3) is 3.90. The zero-order valence-corrected chi connectivity index (χ0v) is 11.2. The molecule has 17 heavy (non-hydrogen) atoms. The van der Waals surface area contributed by atoms with Gasteiger partial charge in [-0.05, 0) is 25.8 Å². The summed E-state index contributed by atoms with van der Waals surface area (Å²) in [5, 5.41) is 8.03. The van der Waals surface area contributed by atoms with Gasteiger partial charge in [0.1, 0.15) is 0 Å². The third-order valence-electron chi connectivity index (χ3n) is 3.00. The first-order valence-corrected chi connectivity index (χ1v) is 6.47. The van der Waals surface area contributed by atoms with Crippen molar-refractivity contribution in [2.75, 3.05) is 0 Å². The Morgan fingerprint density at radius 3 is 2.76 bits per heavy atom. The SMILES string of the molecule is C#CCC(CC)NCc1cc(CC)nn1CC. The molecular weight excluding hydrogens is 210 g/mol. The van der Waals surface area contributed by atoms with Gasteiger partial charge in [0.05, 0.1) is 11.4 Å². The predicted octanol–water partition coefficient (Wildman–Crippen LogP) is 2.36. The molecule has 0 aliphatic heterocycles. The van der Waals surface area contributed by atoms with E-state index < -0.39 is 0 Å². The van der Waals surface area contributed by atoms with Crippen molar-refractivity contribution >= 4 is 0 Å². The lowest BCUT2D eigenvalue weighted by Gasteiger charge is -2.14. The Bertz CT molecular complexity index is 373. The fraction of sp³-hybridized carbons (Fsp3) is 0.643. The Morgan fingerprint density at radius 1 is 1.47 bits per heavy atom. The Kier molecular flexibility index (Phi) is 5.79. The highest BCUT2D eigenvalue weighted by atomic mass is 15.3. The quantitative estimate of drug-likeness (QED) is 0.733. The van der Waals surface area contributed by atoms with Crippen molar-refractivity contribution in [3.05, 3.63) is 17.5 Å². The zero-order valence-electron chi connectivity index (χ0n) is 11.2. The van der Waals surface area contributed by atoms with Crippen LogP contribution in [0.1, 0.15) is 45.0 Å². The molecule has 1 aromatic rings. The van der Waals surface area contributed by atoms with Gasteiger partial charge in [-0.1, -0.05) is 13.8 Å². The summed E-state index contributed by atoms with van der Waals surface area (Å²) in [6, 6.07) is 2.59. The van der Waals surface area contributed by atoms with Crippen LogP contribution in [0.3, 0.4) is 0 Å². The zero-order chi connectivity index (χ0) is 12.7. The number of rotatable bonds is 7. The van der Waals surface area contributed by atoms with Gasteiger partial charge in [0.2, 0.25) is 0 Å². The standard InChI is InChI=1S/C14H23N3/c1-5-9-12(6-2)15-11-14-10-13(7-3)16-17(14)8-4/h1,10,12,15H,6-9,11H2,2-4H3. The largest absolute Gasteiger partial charge is 0.307 e. The van der Waals surface area contributed by atoms with Crippen LogP contribution in [0.4, 0.5) is 0 Å². The highest BCUT2D eigenvalue weighted by Crippen LogP contribution is 2.07. The number of hydrogen-bond donors (Lipinski definition) is 1. The lowest BCUT2D eigenvalue weighted by molar-refractivity contribution is 0.485. The van der Waals surface area contributed by atoms with E-state index in [0.717, 1.165) is 38.0 Å². The summed E-state index contributed by atoms with van der Waals surface area (Å²) in [5.74, 6) is 2.72. The predicted molar refractivity (Wildman–Crippen MR) is 71.6 cm³/mol. The molecule has 0 radical (unpaired) electrons. The van der Waals surface area contributed by atoms with Crippen molar-refractivity contribution in [3.8, 4) is 12.3 Å². The van der Waals surface area contributed by atoms with Gasteiger partial charge >= 0.3 is 0 Å². The fourth-order valence-corrected chi connectivity index (χ4v) is 1.86. The van der Waals surface area contributed by atoms with Crippen LogP contribution in [-0.4, -0.2) is 15.8 Å². The summed E-state index contributed by atoms with van der Waals surface area (Å²) in [4.78, 5) is 0. The van der Waals surface area contributed by atoms with Crippen LogP contribution in [0.15, 0.2) is 6.07 Å². The molecule has 1 unspecified atom stereocenters. The molecule has 3 heteroatoms. The summed E-state index contributed by atoms with van der Waals surface area (Å²) in [6.45, 7) is 8.18. The summed E-state index contributed by atoms with van der Waals surface area (Å²) in [6.07, 6.45) is 8.19. The van der Waals surface area contributed by atoms with E-state index in [1.54, 1.807) is 0 Å². The monoisotopic (exact) mass is 233 g/mol.